The number of ether oxygens (including phenoxy) is 2. The lowest BCUT2D eigenvalue weighted by Crippen LogP contribution is -2.22. The number of benzene rings is 3. The number of halogens is 6. The molecule has 0 aliphatic carbocycles. The molecule has 0 aliphatic rings. The molecule has 158 valence electrons. The highest BCUT2D eigenvalue weighted by Gasteiger charge is 2.37. The van der Waals surface area contributed by atoms with Gasteiger partial charge in [-0.1, -0.05) is 47.5 Å². The van der Waals surface area contributed by atoms with Crippen molar-refractivity contribution < 1.29 is 36.9 Å². The van der Waals surface area contributed by atoms with Crippen LogP contribution in [-0.2, 0) is 11.0 Å². The molecule has 0 saturated heterocycles. The third-order valence-corrected chi connectivity index (χ3v) is 4.75. The maximum absolute atomic E-state index is 14.2. The van der Waals surface area contributed by atoms with Crippen LogP contribution in [0.2, 0.25) is 10.0 Å². The quantitative estimate of drug-likeness (QED) is 0.329. The highest BCUT2D eigenvalue weighted by molar-refractivity contribution is 6.37. The van der Waals surface area contributed by atoms with Crippen LogP contribution in [0.3, 0.4) is 0 Å². The predicted molar refractivity (Wildman–Crippen MR) is 103 cm³/mol. The summed E-state index contributed by atoms with van der Waals surface area (Å²) in [6.45, 7) is 1.35. The molecular weight excluding hydrogens is 451 g/mol. The molecule has 3 aromatic rings. The molecule has 0 spiro atoms. The van der Waals surface area contributed by atoms with Gasteiger partial charge in [0.15, 0.2) is 17.7 Å². The van der Waals surface area contributed by atoms with Crippen molar-refractivity contribution in [2.75, 3.05) is 0 Å². The maximum Gasteiger partial charge on any atom is 0.419 e. The standard InChI is InChI=1S/C20H12Cl2F4O4/c1-9(19(27)28)29-14-6-2-5-11-10(14)4-3-7-15(11)30-18-13(21)8-12(20(24,25)26)17(23)16(18)22/h2-9H,1H3,(H,27,28). The molecular formula is C20H12Cl2F4O4. The number of carboxylic acids is 1. The van der Waals surface area contributed by atoms with Crippen molar-refractivity contribution in [3.05, 3.63) is 63.9 Å². The molecule has 0 aliphatic heterocycles. The van der Waals surface area contributed by atoms with Crippen LogP contribution in [0.4, 0.5) is 17.6 Å². The van der Waals surface area contributed by atoms with Gasteiger partial charge in [-0.15, -0.1) is 0 Å². The lowest BCUT2D eigenvalue weighted by molar-refractivity contribution is -0.144. The molecule has 10 heteroatoms. The summed E-state index contributed by atoms with van der Waals surface area (Å²) < 4.78 is 63.9. The zero-order valence-electron chi connectivity index (χ0n) is 15.1. The Morgan fingerprint density at radius 1 is 1.07 bits per heavy atom. The Balaban J connectivity index is 2.07. The largest absolute Gasteiger partial charge is 0.479 e. The maximum atomic E-state index is 14.2. The van der Waals surface area contributed by atoms with Gasteiger partial charge in [0.05, 0.1) is 10.6 Å². The smallest absolute Gasteiger partial charge is 0.419 e. The molecule has 1 unspecified atom stereocenters. The Hall–Kier alpha value is -2.71. The lowest BCUT2D eigenvalue weighted by Gasteiger charge is -2.17. The van der Waals surface area contributed by atoms with Crippen molar-refractivity contribution in [1.29, 1.82) is 0 Å². The average molecular weight is 463 g/mol. The molecule has 0 saturated carbocycles. The third kappa shape index (κ3) is 4.24. The van der Waals surface area contributed by atoms with Crippen LogP contribution in [0.15, 0.2) is 42.5 Å². The van der Waals surface area contributed by atoms with E-state index in [1.807, 2.05) is 0 Å². The van der Waals surface area contributed by atoms with Crippen LogP contribution in [0.25, 0.3) is 10.8 Å². The second-order valence-electron chi connectivity index (χ2n) is 6.17. The Kier molecular flexibility index (Phi) is 6.01. The molecule has 3 aromatic carbocycles. The molecule has 0 bridgehead atoms. The van der Waals surface area contributed by atoms with Gasteiger partial charge in [0.1, 0.15) is 16.5 Å². The van der Waals surface area contributed by atoms with Crippen LogP contribution in [-0.4, -0.2) is 17.2 Å². The molecule has 0 amide bonds. The summed E-state index contributed by atoms with van der Waals surface area (Å²) in [4.78, 5) is 11.1. The fraction of sp³-hybridized carbons (Fsp3) is 0.150. The number of carboxylic acid groups (broad SMARTS) is 1. The van der Waals surface area contributed by atoms with Crippen molar-refractivity contribution in [3.63, 3.8) is 0 Å². The summed E-state index contributed by atoms with van der Waals surface area (Å²) in [6.07, 6.45) is -6.12. The van der Waals surface area contributed by atoms with Crippen LogP contribution >= 0.6 is 23.2 Å². The van der Waals surface area contributed by atoms with E-state index in [4.69, 9.17) is 37.8 Å². The minimum atomic E-state index is -4.98. The monoisotopic (exact) mass is 462 g/mol. The van der Waals surface area contributed by atoms with E-state index >= 15 is 0 Å². The van der Waals surface area contributed by atoms with Gasteiger partial charge in [0.2, 0.25) is 0 Å². The SMILES string of the molecule is CC(Oc1cccc2c(Oc3c(Cl)cc(C(F)(F)F)c(F)c3Cl)cccc12)C(=O)O. The van der Waals surface area contributed by atoms with Crippen molar-refractivity contribution in [2.24, 2.45) is 0 Å². The fourth-order valence-corrected chi connectivity index (χ4v) is 3.21. The van der Waals surface area contributed by atoms with E-state index in [2.05, 4.69) is 0 Å². The summed E-state index contributed by atoms with van der Waals surface area (Å²) in [5, 5.41) is 8.47. The summed E-state index contributed by atoms with van der Waals surface area (Å²) in [6, 6.07) is 9.74. The van der Waals surface area contributed by atoms with Gasteiger partial charge >= 0.3 is 12.1 Å². The number of rotatable bonds is 5. The molecule has 0 heterocycles. The Morgan fingerprint density at radius 2 is 1.63 bits per heavy atom. The first-order chi connectivity index (χ1) is 14.0. The number of fused-ring (bicyclic) bond motifs is 1. The molecule has 0 aromatic heterocycles. The molecule has 1 N–H and O–H groups in total. The van der Waals surface area contributed by atoms with E-state index in [0.29, 0.717) is 16.8 Å². The van der Waals surface area contributed by atoms with E-state index in [0.717, 1.165) is 0 Å². The van der Waals surface area contributed by atoms with Crippen LogP contribution in [0.1, 0.15) is 12.5 Å². The van der Waals surface area contributed by atoms with Gasteiger partial charge in [0, 0.05) is 10.8 Å². The molecule has 3 rings (SSSR count). The Bertz CT molecular complexity index is 1130. The van der Waals surface area contributed by atoms with E-state index in [9.17, 15) is 22.4 Å². The van der Waals surface area contributed by atoms with E-state index < -0.39 is 45.4 Å². The first kappa shape index (κ1) is 22.0. The molecule has 0 fully saturated rings. The van der Waals surface area contributed by atoms with Crippen LogP contribution < -0.4 is 9.47 Å². The molecule has 4 nitrogen and oxygen atoms in total. The van der Waals surface area contributed by atoms with Gasteiger partial charge in [-0.3, -0.25) is 0 Å². The number of aliphatic carboxylic acids is 1. The van der Waals surface area contributed by atoms with Crippen molar-refractivity contribution in [3.8, 4) is 17.2 Å². The third-order valence-electron chi connectivity index (χ3n) is 4.13. The number of hydrogen-bond acceptors (Lipinski definition) is 3. The van der Waals surface area contributed by atoms with Gasteiger partial charge in [-0.2, -0.15) is 13.2 Å². The summed E-state index contributed by atoms with van der Waals surface area (Å²) in [7, 11) is 0. The number of hydrogen-bond donors (Lipinski definition) is 1. The zero-order valence-corrected chi connectivity index (χ0v) is 16.6. The van der Waals surface area contributed by atoms with E-state index in [1.165, 1.54) is 19.1 Å². The second kappa shape index (κ2) is 8.20. The molecule has 30 heavy (non-hydrogen) atoms. The zero-order chi connectivity index (χ0) is 22.2. The lowest BCUT2D eigenvalue weighted by atomic mass is 10.1. The molecule has 0 radical (unpaired) electrons. The van der Waals surface area contributed by atoms with Crippen molar-refractivity contribution in [2.45, 2.75) is 19.2 Å². The van der Waals surface area contributed by atoms with Gasteiger partial charge in [-0.05, 0) is 25.1 Å². The summed E-state index contributed by atoms with van der Waals surface area (Å²) in [5.41, 5.74) is -1.61. The number of carbonyl (C=O) groups is 1. The first-order valence-corrected chi connectivity index (χ1v) is 9.10. The van der Waals surface area contributed by atoms with E-state index in [-0.39, 0.29) is 11.5 Å². The minimum Gasteiger partial charge on any atom is -0.479 e. The highest BCUT2D eigenvalue weighted by Crippen LogP contribution is 2.45. The summed E-state index contributed by atoms with van der Waals surface area (Å²) >= 11 is 11.7. The Morgan fingerprint density at radius 3 is 2.20 bits per heavy atom. The minimum absolute atomic E-state index is 0.101. The van der Waals surface area contributed by atoms with Gasteiger partial charge < -0.3 is 14.6 Å². The molecule has 1 atom stereocenters. The normalized spacial score (nSPS) is 12.6. The van der Waals surface area contributed by atoms with Crippen molar-refractivity contribution in [1.82, 2.24) is 0 Å². The summed E-state index contributed by atoms with van der Waals surface area (Å²) in [5.74, 6) is -3.02. The van der Waals surface area contributed by atoms with Crippen molar-refractivity contribution >= 4 is 39.9 Å². The second-order valence-corrected chi connectivity index (χ2v) is 6.95. The van der Waals surface area contributed by atoms with Crippen LogP contribution in [0, 0.1) is 5.82 Å². The van der Waals surface area contributed by atoms with Gasteiger partial charge in [0.25, 0.3) is 0 Å². The van der Waals surface area contributed by atoms with E-state index in [1.54, 1.807) is 24.3 Å². The predicted octanol–water partition coefficient (Wildman–Crippen LogP) is 6.95. The fourth-order valence-electron chi connectivity index (χ4n) is 2.67. The average Bonchev–Trinajstić information content (AvgIpc) is 2.67. The first-order valence-electron chi connectivity index (χ1n) is 8.34. The van der Waals surface area contributed by atoms with Crippen LogP contribution in [0.5, 0.6) is 17.2 Å². The number of alkyl halides is 3. The highest BCUT2D eigenvalue weighted by atomic mass is 35.5. The Labute approximate surface area is 177 Å². The van der Waals surface area contributed by atoms with Gasteiger partial charge in [-0.25, -0.2) is 9.18 Å². The topological polar surface area (TPSA) is 55.8 Å².